The van der Waals surface area contributed by atoms with Gasteiger partial charge in [0.05, 0.1) is 16.7 Å². The van der Waals surface area contributed by atoms with Crippen molar-refractivity contribution in [2.24, 2.45) is 0 Å². The lowest BCUT2D eigenvalue weighted by Gasteiger charge is -2.16. The summed E-state index contributed by atoms with van der Waals surface area (Å²) in [5.74, 6) is 1.84. The van der Waals surface area contributed by atoms with Gasteiger partial charge < -0.3 is 4.57 Å². The van der Waals surface area contributed by atoms with Gasteiger partial charge in [0.2, 0.25) is 0 Å². The normalized spacial score (nSPS) is 11.5. The zero-order valence-corrected chi connectivity index (χ0v) is 34.3. The molecule has 0 fully saturated rings. The van der Waals surface area contributed by atoms with Gasteiger partial charge in [-0.25, -0.2) is 15.0 Å². The molecule has 9 aromatic carbocycles. The number of para-hydroxylation sites is 2. The summed E-state index contributed by atoms with van der Waals surface area (Å²) >= 11 is 1.84. The molecule has 0 radical (unpaired) electrons. The van der Waals surface area contributed by atoms with Crippen molar-refractivity contribution in [2.45, 2.75) is 0 Å². The number of thiophene rings is 1. The molecule has 0 unspecified atom stereocenters. The van der Waals surface area contributed by atoms with E-state index in [2.05, 4.69) is 217 Å². The Labute approximate surface area is 362 Å². The van der Waals surface area contributed by atoms with Crippen molar-refractivity contribution in [1.29, 1.82) is 0 Å². The van der Waals surface area contributed by atoms with Gasteiger partial charge in [0.25, 0.3) is 0 Å². The van der Waals surface area contributed by atoms with E-state index < -0.39 is 0 Å². The average molecular weight is 809 g/mol. The molecule has 62 heavy (non-hydrogen) atoms. The molecule has 12 rings (SSSR count). The van der Waals surface area contributed by atoms with Crippen LogP contribution in [0.4, 0.5) is 0 Å². The van der Waals surface area contributed by atoms with Gasteiger partial charge in [-0.3, -0.25) is 0 Å². The molecule has 0 spiro atoms. The molecular weight excluding hydrogens is 773 g/mol. The van der Waals surface area contributed by atoms with E-state index in [-0.39, 0.29) is 0 Å². The smallest absolute Gasteiger partial charge is 0.164 e. The zero-order chi connectivity index (χ0) is 41.0. The van der Waals surface area contributed by atoms with Crippen LogP contribution in [0.25, 0.3) is 115 Å². The van der Waals surface area contributed by atoms with Gasteiger partial charge in [-0.15, -0.1) is 11.3 Å². The molecule has 0 amide bonds. The first kappa shape index (κ1) is 35.9. The van der Waals surface area contributed by atoms with Crippen molar-refractivity contribution in [2.75, 3.05) is 0 Å². The second kappa shape index (κ2) is 14.9. The van der Waals surface area contributed by atoms with Crippen LogP contribution in [-0.2, 0) is 0 Å². The lowest BCUT2D eigenvalue weighted by Crippen LogP contribution is -2.02. The summed E-state index contributed by atoms with van der Waals surface area (Å²) in [5, 5.41) is 4.98. The Hall–Kier alpha value is -7.99. The van der Waals surface area contributed by atoms with Crippen LogP contribution < -0.4 is 0 Å². The van der Waals surface area contributed by atoms with Gasteiger partial charge in [-0.1, -0.05) is 176 Å². The largest absolute Gasteiger partial charge is 0.309 e. The standard InChI is InChI=1S/C57H36N4S/c1-3-14-37(15-4-1)38-26-28-40(29-27-38)55-58-56(43-19-13-18-41(34-43)42-31-33-54-49(35-42)48-22-9-12-25-53(48)62-54)60-57(59-55)44-30-32-45(39-16-5-2-6-17-39)52(36-44)61-50-23-10-7-20-46(50)47-21-8-11-24-51(47)61/h1-36H. The van der Waals surface area contributed by atoms with Gasteiger partial charge in [-0.05, 0) is 70.3 Å². The third kappa shape index (κ3) is 6.26. The minimum absolute atomic E-state index is 0.607. The molecule has 0 saturated heterocycles. The first-order valence-electron chi connectivity index (χ1n) is 20.8. The van der Waals surface area contributed by atoms with E-state index in [0.29, 0.717) is 17.5 Å². The number of hydrogen-bond acceptors (Lipinski definition) is 4. The van der Waals surface area contributed by atoms with E-state index in [1.807, 2.05) is 17.4 Å². The fraction of sp³-hybridized carbons (Fsp3) is 0. The summed E-state index contributed by atoms with van der Waals surface area (Å²) in [6, 6.07) is 77.5. The summed E-state index contributed by atoms with van der Waals surface area (Å²) in [5.41, 5.74) is 12.9. The molecule has 0 bridgehead atoms. The van der Waals surface area contributed by atoms with Crippen LogP contribution in [0, 0.1) is 0 Å². The van der Waals surface area contributed by atoms with E-state index >= 15 is 0 Å². The number of benzene rings is 9. The molecule has 0 saturated carbocycles. The molecule has 0 aliphatic rings. The molecule has 4 nitrogen and oxygen atoms in total. The van der Waals surface area contributed by atoms with Gasteiger partial charge in [0.15, 0.2) is 17.5 Å². The molecule has 290 valence electrons. The van der Waals surface area contributed by atoms with Gasteiger partial charge >= 0.3 is 0 Å². The van der Waals surface area contributed by atoms with E-state index in [0.717, 1.165) is 66.8 Å². The zero-order valence-electron chi connectivity index (χ0n) is 33.5. The Bertz CT molecular complexity index is 3570. The minimum atomic E-state index is 0.607. The lowest BCUT2D eigenvalue weighted by molar-refractivity contribution is 1.07. The molecule has 3 aromatic heterocycles. The highest BCUT2D eigenvalue weighted by Gasteiger charge is 2.19. The SMILES string of the molecule is c1ccc(-c2ccc(-c3nc(-c4cccc(-c5ccc6sc7ccccc7c6c5)c4)nc(-c4ccc(-c5ccccc5)c(-n5c6ccccc6c6ccccc65)c4)n3)cc2)cc1. The van der Waals surface area contributed by atoms with Crippen molar-refractivity contribution in [3.8, 4) is 73.2 Å². The Morgan fingerprint density at radius 2 is 0.758 bits per heavy atom. The Balaban J connectivity index is 1.05. The molecule has 5 heteroatoms. The monoisotopic (exact) mass is 808 g/mol. The van der Waals surface area contributed by atoms with E-state index in [9.17, 15) is 0 Å². The van der Waals surface area contributed by atoms with Crippen LogP contribution in [0.5, 0.6) is 0 Å². The van der Waals surface area contributed by atoms with Crippen LogP contribution in [0.1, 0.15) is 0 Å². The fourth-order valence-electron chi connectivity index (χ4n) is 8.85. The number of nitrogens with zero attached hydrogens (tertiary/aromatic N) is 4. The van der Waals surface area contributed by atoms with E-state index in [1.165, 1.54) is 30.9 Å². The predicted molar refractivity (Wildman–Crippen MR) is 260 cm³/mol. The molecule has 12 aromatic rings. The summed E-state index contributed by atoms with van der Waals surface area (Å²) in [4.78, 5) is 15.8. The lowest BCUT2D eigenvalue weighted by atomic mass is 10.00. The van der Waals surface area contributed by atoms with Crippen molar-refractivity contribution in [3.63, 3.8) is 0 Å². The minimum Gasteiger partial charge on any atom is -0.309 e. The van der Waals surface area contributed by atoms with Gasteiger partial charge in [-0.2, -0.15) is 0 Å². The molecule has 0 aliphatic heterocycles. The first-order valence-corrected chi connectivity index (χ1v) is 21.7. The Kier molecular flexibility index (Phi) is 8.65. The Morgan fingerprint density at radius 1 is 0.290 bits per heavy atom. The summed E-state index contributed by atoms with van der Waals surface area (Å²) in [6.45, 7) is 0. The first-order chi connectivity index (χ1) is 30.7. The second-order valence-electron chi connectivity index (χ2n) is 15.6. The number of rotatable bonds is 7. The van der Waals surface area contributed by atoms with Crippen molar-refractivity contribution in [3.05, 3.63) is 218 Å². The van der Waals surface area contributed by atoms with Crippen molar-refractivity contribution in [1.82, 2.24) is 19.5 Å². The maximum absolute atomic E-state index is 5.30. The van der Waals surface area contributed by atoms with Crippen molar-refractivity contribution < 1.29 is 0 Å². The topological polar surface area (TPSA) is 43.6 Å². The van der Waals surface area contributed by atoms with Gasteiger partial charge in [0, 0.05) is 53.2 Å². The maximum atomic E-state index is 5.30. The second-order valence-corrected chi connectivity index (χ2v) is 16.7. The summed E-state index contributed by atoms with van der Waals surface area (Å²) in [7, 11) is 0. The molecule has 0 aliphatic carbocycles. The van der Waals surface area contributed by atoms with Crippen molar-refractivity contribution >= 4 is 53.3 Å². The van der Waals surface area contributed by atoms with Crippen LogP contribution in [0.2, 0.25) is 0 Å². The van der Waals surface area contributed by atoms with Crippen LogP contribution in [0.3, 0.4) is 0 Å². The molecular formula is C57H36N4S. The predicted octanol–water partition coefficient (Wildman–Crippen LogP) is 15.3. The van der Waals surface area contributed by atoms with Crippen LogP contribution in [-0.4, -0.2) is 19.5 Å². The third-order valence-electron chi connectivity index (χ3n) is 11.9. The summed E-state index contributed by atoms with van der Waals surface area (Å²) < 4.78 is 4.97. The number of aromatic nitrogens is 4. The molecule has 3 heterocycles. The van der Waals surface area contributed by atoms with Gasteiger partial charge in [0.1, 0.15) is 0 Å². The molecule has 0 N–H and O–H groups in total. The van der Waals surface area contributed by atoms with Crippen LogP contribution >= 0.6 is 11.3 Å². The van der Waals surface area contributed by atoms with E-state index in [1.54, 1.807) is 0 Å². The third-order valence-corrected chi connectivity index (χ3v) is 13.0. The number of hydrogen-bond donors (Lipinski definition) is 0. The fourth-order valence-corrected chi connectivity index (χ4v) is 9.94. The summed E-state index contributed by atoms with van der Waals surface area (Å²) in [6.07, 6.45) is 0. The highest BCUT2D eigenvalue weighted by atomic mass is 32.1. The average Bonchev–Trinajstić information content (AvgIpc) is 3.90. The van der Waals surface area contributed by atoms with E-state index in [4.69, 9.17) is 15.0 Å². The quantitative estimate of drug-likeness (QED) is 0.161. The molecule has 0 atom stereocenters. The highest BCUT2D eigenvalue weighted by Crippen LogP contribution is 2.40. The van der Waals surface area contributed by atoms with Crippen LogP contribution in [0.15, 0.2) is 218 Å². The number of fused-ring (bicyclic) bond motifs is 6. The Morgan fingerprint density at radius 3 is 1.47 bits per heavy atom. The highest BCUT2D eigenvalue weighted by molar-refractivity contribution is 7.25. The maximum Gasteiger partial charge on any atom is 0.164 e.